The van der Waals surface area contributed by atoms with E-state index in [1.807, 2.05) is 13.0 Å². The number of aryl methyl sites for hydroxylation is 1. The van der Waals surface area contributed by atoms with Gasteiger partial charge in [0.2, 0.25) is 5.91 Å². The van der Waals surface area contributed by atoms with Crippen LogP contribution in [0.4, 0.5) is 9.18 Å². The van der Waals surface area contributed by atoms with E-state index in [4.69, 9.17) is 5.73 Å². The summed E-state index contributed by atoms with van der Waals surface area (Å²) < 4.78 is 13.2. The van der Waals surface area contributed by atoms with Gasteiger partial charge in [-0.15, -0.1) is 0 Å². The van der Waals surface area contributed by atoms with Gasteiger partial charge in [0, 0.05) is 25.6 Å². The number of likely N-dealkylation sites (tertiary alicyclic amines) is 1. The number of hydrogen-bond acceptors (Lipinski definition) is 2. The van der Waals surface area contributed by atoms with Gasteiger partial charge in [0.05, 0.1) is 0 Å². The normalized spacial score (nSPS) is 18.9. The second kappa shape index (κ2) is 8.66. The van der Waals surface area contributed by atoms with E-state index in [0.29, 0.717) is 25.9 Å². The molecule has 0 aromatic heterocycles. The van der Waals surface area contributed by atoms with Crippen molar-refractivity contribution in [1.82, 2.24) is 10.2 Å². The molecule has 0 spiro atoms. The van der Waals surface area contributed by atoms with Crippen LogP contribution < -0.4 is 11.1 Å². The van der Waals surface area contributed by atoms with Gasteiger partial charge in [-0.3, -0.25) is 4.79 Å². The summed E-state index contributed by atoms with van der Waals surface area (Å²) in [4.78, 5) is 25.1. The van der Waals surface area contributed by atoms with Crippen LogP contribution in [0.3, 0.4) is 0 Å². The van der Waals surface area contributed by atoms with Crippen molar-refractivity contribution in [3.8, 4) is 0 Å². The first kappa shape index (κ1) is 18.2. The molecule has 3 amide bonds. The lowest BCUT2D eigenvalue weighted by atomic mass is 9.95. The van der Waals surface area contributed by atoms with Gasteiger partial charge in [0.15, 0.2) is 0 Å². The van der Waals surface area contributed by atoms with Crippen molar-refractivity contribution in [2.24, 2.45) is 11.7 Å². The average Bonchev–Trinajstić information content (AvgIpc) is 2.52. The molecule has 1 aromatic carbocycles. The molecule has 5 nitrogen and oxygen atoms in total. The molecule has 1 saturated heterocycles. The minimum absolute atomic E-state index is 0.00251. The number of carbonyl (C=O) groups is 2. The zero-order valence-corrected chi connectivity index (χ0v) is 14.1. The van der Waals surface area contributed by atoms with Crippen LogP contribution in [0, 0.1) is 11.7 Å². The monoisotopic (exact) mass is 335 g/mol. The maximum Gasteiger partial charge on any atom is 0.317 e. The molecule has 2 atom stereocenters. The zero-order valence-electron chi connectivity index (χ0n) is 14.1. The van der Waals surface area contributed by atoms with E-state index in [2.05, 4.69) is 5.32 Å². The molecule has 0 saturated carbocycles. The number of nitrogens with zero attached hydrogens (tertiary/aromatic N) is 1. The molecule has 0 unspecified atom stereocenters. The van der Waals surface area contributed by atoms with Crippen LogP contribution in [0.15, 0.2) is 24.3 Å². The summed E-state index contributed by atoms with van der Waals surface area (Å²) in [6, 6.07) is 6.42. The lowest BCUT2D eigenvalue weighted by Crippen LogP contribution is -2.48. The molecular weight excluding hydrogens is 309 g/mol. The van der Waals surface area contributed by atoms with E-state index < -0.39 is 0 Å². The first-order valence-electron chi connectivity index (χ1n) is 8.52. The highest BCUT2D eigenvalue weighted by atomic mass is 19.1. The summed E-state index contributed by atoms with van der Waals surface area (Å²) in [7, 11) is 0. The molecule has 6 heteroatoms. The van der Waals surface area contributed by atoms with Crippen molar-refractivity contribution in [1.29, 1.82) is 0 Å². The van der Waals surface area contributed by atoms with Crippen molar-refractivity contribution >= 4 is 11.9 Å². The maximum atomic E-state index is 13.2. The molecule has 1 aromatic rings. The highest BCUT2D eigenvalue weighted by Crippen LogP contribution is 2.19. The number of primary amides is 1. The number of rotatable bonds is 6. The second-order valence-electron chi connectivity index (χ2n) is 6.64. The van der Waals surface area contributed by atoms with Crippen LogP contribution in [0.5, 0.6) is 0 Å². The Morgan fingerprint density at radius 3 is 2.96 bits per heavy atom. The minimum atomic E-state index is -0.314. The predicted octanol–water partition coefficient (Wildman–Crippen LogP) is 2.44. The van der Waals surface area contributed by atoms with E-state index in [-0.39, 0.29) is 29.7 Å². The fourth-order valence-electron chi connectivity index (χ4n) is 3.15. The molecule has 0 aliphatic carbocycles. The van der Waals surface area contributed by atoms with Gasteiger partial charge in [0.25, 0.3) is 0 Å². The fraction of sp³-hybridized carbons (Fsp3) is 0.556. The number of carbonyl (C=O) groups excluding carboxylic acids is 2. The Morgan fingerprint density at radius 2 is 2.25 bits per heavy atom. The number of nitrogens with one attached hydrogen (secondary N) is 1. The first-order chi connectivity index (χ1) is 11.4. The Balaban J connectivity index is 1.77. The van der Waals surface area contributed by atoms with Crippen LogP contribution in [-0.2, 0) is 11.2 Å². The lowest BCUT2D eigenvalue weighted by Gasteiger charge is -2.33. The van der Waals surface area contributed by atoms with Crippen molar-refractivity contribution in [3.63, 3.8) is 0 Å². The number of nitrogens with two attached hydrogens (primary N) is 1. The van der Waals surface area contributed by atoms with Crippen molar-refractivity contribution in [3.05, 3.63) is 35.6 Å². The van der Waals surface area contributed by atoms with E-state index in [1.165, 1.54) is 12.1 Å². The third-order valence-electron chi connectivity index (χ3n) is 4.42. The van der Waals surface area contributed by atoms with Crippen LogP contribution in [0.1, 0.15) is 38.2 Å². The number of amides is 3. The Labute approximate surface area is 142 Å². The van der Waals surface area contributed by atoms with Gasteiger partial charge >= 0.3 is 6.03 Å². The van der Waals surface area contributed by atoms with Crippen molar-refractivity contribution in [2.75, 3.05) is 13.1 Å². The van der Waals surface area contributed by atoms with Gasteiger partial charge in [-0.1, -0.05) is 12.1 Å². The van der Waals surface area contributed by atoms with E-state index in [0.717, 1.165) is 24.8 Å². The number of piperidine rings is 1. The molecule has 1 heterocycles. The van der Waals surface area contributed by atoms with Gasteiger partial charge in [0.1, 0.15) is 5.82 Å². The summed E-state index contributed by atoms with van der Waals surface area (Å²) in [6.45, 7) is 3.23. The number of hydrogen-bond donors (Lipinski definition) is 2. The number of halogens is 1. The topological polar surface area (TPSA) is 75.4 Å². The van der Waals surface area contributed by atoms with Crippen LogP contribution >= 0.6 is 0 Å². The second-order valence-corrected chi connectivity index (χ2v) is 6.64. The number of benzene rings is 1. The number of urea groups is 1. The smallest absolute Gasteiger partial charge is 0.317 e. The fourth-order valence-corrected chi connectivity index (χ4v) is 3.15. The van der Waals surface area contributed by atoms with Crippen molar-refractivity contribution < 1.29 is 14.0 Å². The molecule has 24 heavy (non-hydrogen) atoms. The molecule has 1 fully saturated rings. The molecular formula is C18H26FN3O2. The summed E-state index contributed by atoms with van der Waals surface area (Å²) >= 11 is 0. The maximum absolute atomic E-state index is 13.2. The summed E-state index contributed by atoms with van der Waals surface area (Å²) in [5.41, 5.74) is 6.17. The molecule has 0 radical (unpaired) electrons. The Hall–Kier alpha value is -2.11. The third kappa shape index (κ3) is 5.83. The standard InChI is InChI=1S/C18H26FN3O2/c1-13(7-8-14-4-2-6-16(19)10-14)21-18(24)22-9-3-5-15(12-22)11-17(20)23/h2,4,6,10,13,15H,3,5,7-9,11-12H2,1H3,(H2,20,23)(H,21,24)/t13-,15+/m1/s1. The highest BCUT2D eigenvalue weighted by Gasteiger charge is 2.25. The van der Waals surface area contributed by atoms with E-state index >= 15 is 0 Å². The predicted molar refractivity (Wildman–Crippen MR) is 90.8 cm³/mol. The van der Waals surface area contributed by atoms with Gasteiger partial charge in [-0.25, -0.2) is 9.18 Å². The Kier molecular flexibility index (Phi) is 6.58. The lowest BCUT2D eigenvalue weighted by molar-refractivity contribution is -0.119. The van der Waals surface area contributed by atoms with Crippen molar-refractivity contribution in [2.45, 2.75) is 45.1 Å². The molecule has 1 aliphatic rings. The summed E-state index contributed by atoms with van der Waals surface area (Å²) in [6.07, 6.45) is 3.61. The first-order valence-corrected chi connectivity index (χ1v) is 8.52. The van der Waals surface area contributed by atoms with Gasteiger partial charge < -0.3 is 16.0 Å². The molecule has 1 aliphatic heterocycles. The molecule has 2 rings (SSSR count). The average molecular weight is 335 g/mol. The van der Waals surface area contributed by atoms with Crippen LogP contribution in [-0.4, -0.2) is 36.0 Å². The summed E-state index contributed by atoms with van der Waals surface area (Å²) in [5, 5.41) is 2.99. The van der Waals surface area contributed by atoms with E-state index in [9.17, 15) is 14.0 Å². The third-order valence-corrected chi connectivity index (χ3v) is 4.42. The van der Waals surface area contributed by atoms with Crippen LogP contribution in [0.25, 0.3) is 0 Å². The highest BCUT2D eigenvalue weighted by molar-refractivity contribution is 5.75. The molecule has 3 N–H and O–H groups in total. The quantitative estimate of drug-likeness (QED) is 0.838. The Bertz CT molecular complexity index is 579. The molecule has 132 valence electrons. The minimum Gasteiger partial charge on any atom is -0.370 e. The largest absolute Gasteiger partial charge is 0.370 e. The van der Waals surface area contributed by atoms with Gasteiger partial charge in [-0.2, -0.15) is 0 Å². The van der Waals surface area contributed by atoms with Crippen LogP contribution in [0.2, 0.25) is 0 Å². The van der Waals surface area contributed by atoms with E-state index in [1.54, 1.807) is 11.0 Å². The summed E-state index contributed by atoms with van der Waals surface area (Å²) in [5.74, 6) is -0.395. The molecule has 0 bridgehead atoms. The zero-order chi connectivity index (χ0) is 17.5. The Morgan fingerprint density at radius 1 is 1.46 bits per heavy atom. The van der Waals surface area contributed by atoms with Gasteiger partial charge in [-0.05, 0) is 56.2 Å². The SMILES string of the molecule is C[C@H](CCc1cccc(F)c1)NC(=O)N1CCC[C@@H](CC(N)=O)C1.